The highest BCUT2D eigenvalue weighted by molar-refractivity contribution is 5.79. The molecule has 5 nitrogen and oxygen atoms in total. The van der Waals surface area contributed by atoms with Gasteiger partial charge in [0.15, 0.2) is 5.96 Å². The van der Waals surface area contributed by atoms with E-state index < -0.39 is 0 Å². The Morgan fingerprint density at radius 3 is 2.77 bits per heavy atom. The zero-order valence-electron chi connectivity index (χ0n) is 15.2. The third kappa shape index (κ3) is 7.99. The Kier molecular flexibility index (Phi) is 8.79. The van der Waals surface area contributed by atoms with Crippen LogP contribution >= 0.6 is 0 Å². The lowest BCUT2D eigenvalue weighted by Gasteiger charge is -2.30. The lowest BCUT2D eigenvalue weighted by molar-refractivity contribution is 0.0310. The second-order valence-electron chi connectivity index (χ2n) is 6.99. The van der Waals surface area contributed by atoms with Crippen molar-refractivity contribution in [2.24, 2.45) is 10.9 Å². The van der Waals surface area contributed by atoms with E-state index in [0.717, 1.165) is 31.4 Å². The van der Waals surface area contributed by atoms with Gasteiger partial charge >= 0.3 is 0 Å². The molecule has 0 bridgehead atoms. The molecule has 5 heteroatoms. The van der Waals surface area contributed by atoms with Gasteiger partial charge in [0.05, 0.1) is 12.1 Å². The third-order valence-electron chi connectivity index (χ3n) is 4.20. The molecular formula is C17H36N4O. The maximum absolute atomic E-state index is 5.41. The molecule has 1 saturated heterocycles. The van der Waals surface area contributed by atoms with Crippen molar-refractivity contribution in [3.63, 3.8) is 0 Å². The van der Waals surface area contributed by atoms with Crippen LogP contribution in [0.15, 0.2) is 4.99 Å². The first-order valence-electron chi connectivity index (χ1n) is 8.76. The van der Waals surface area contributed by atoms with Crippen LogP contribution in [0.4, 0.5) is 0 Å². The van der Waals surface area contributed by atoms with E-state index in [1.807, 2.05) is 0 Å². The molecule has 0 saturated carbocycles. The van der Waals surface area contributed by atoms with Gasteiger partial charge in [-0.2, -0.15) is 0 Å². The highest BCUT2D eigenvalue weighted by Crippen LogP contribution is 2.15. The first-order valence-corrected chi connectivity index (χ1v) is 8.76. The van der Waals surface area contributed by atoms with Gasteiger partial charge in [-0.3, -0.25) is 4.99 Å². The van der Waals surface area contributed by atoms with E-state index in [2.05, 4.69) is 48.2 Å². The summed E-state index contributed by atoms with van der Waals surface area (Å²) in [4.78, 5) is 7.20. The topological polar surface area (TPSA) is 48.9 Å². The average molecular weight is 313 g/mol. The Morgan fingerprint density at radius 2 is 2.14 bits per heavy atom. The van der Waals surface area contributed by atoms with Gasteiger partial charge in [-0.05, 0) is 59.0 Å². The van der Waals surface area contributed by atoms with E-state index in [9.17, 15) is 0 Å². The fourth-order valence-corrected chi connectivity index (χ4v) is 2.67. The summed E-state index contributed by atoms with van der Waals surface area (Å²) in [6.45, 7) is 14.8. The molecule has 1 aliphatic rings. The Bertz CT molecular complexity index is 331. The van der Waals surface area contributed by atoms with Gasteiger partial charge in [-0.1, -0.05) is 6.92 Å². The molecule has 0 amide bonds. The fourth-order valence-electron chi connectivity index (χ4n) is 2.67. The first-order chi connectivity index (χ1) is 10.5. The molecule has 22 heavy (non-hydrogen) atoms. The summed E-state index contributed by atoms with van der Waals surface area (Å²) in [5.74, 6) is 1.75. The minimum Gasteiger partial charge on any atom is -0.377 e. The van der Waals surface area contributed by atoms with Gasteiger partial charge in [0.2, 0.25) is 0 Å². The number of nitrogens with one attached hydrogen (secondary N) is 2. The van der Waals surface area contributed by atoms with E-state index in [0.29, 0.717) is 6.54 Å². The van der Waals surface area contributed by atoms with Crippen LogP contribution in [0.1, 0.15) is 47.0 Å². The van der Waals surface area contributed by atoms with Crippen molar-refractivity contribution < 1.29 is 4.74 Å². The summed E-state index contributed by atoms with van der Waals surface area (Å²) in [5.41, 5.74) is -0.216. The lowest BCUT2D eigenvalue weighted by Crippen LogP contribution is -2.41. The highest BCUT2D eigenvalue weighted by Gasteiger charge is 2.16. The van der Waals surface area contributed by atoms with Crippen LogP contribution in [0.2, 0.25) is 0 Å². The summed E-state index contributed by atoms with van der Waals surface area (Å²) in [6, 6.07) is 0. The van der Waals surface area contributed by atoms with Gasteiger partial charge in [-0.15, -0.1) is 0 Å². The predicted octanol–water partition coefficient (Wildman–Crippen LogP) is 2.09. The van der Waals surface area contributed by atoms with Gasteiger partial charge < -0.3 is 20.3 Å². The molecule has 0 aromatic rings. The molecule has 1 fully saturated rings. The smallest absolute Gasteiger partial charge is 0.191 e. The first kappa shape index (κ1) is 19.2. The number of piperidine rings is 1. The largest absolute Gasteiger partial charge is 0.377 e. The van der Waals surface area contributed by atoms with Gasteiger partial charge in [-0.25, -0.2) is 0 Å². The molecule has 1 aliphatic heterocycles. The quantitative estimate of drug-likeness (QED) is 0.409. The normalized spacial score (nSPS) is 21.0. The van der Waals surface area contributed by atoms with Gasteiger partial charge in [0.25, 0.3) is 0 Å². The monoisotopic (exact) mass is 312 g/mol. The van der Waals surface area contributed by atoms with E-state index in [-0.39, 0.29) is 5.60 Å². The molecular weight excluding hydrogens is 276 g/mol. The third-order valence-corrected chi connectivity index (χ3v) is 4.20. The summed E-state index contributed by atoms with van der Waals surface area (Å²) in [7, 11) is 1.73. The molecule has 1 unspecified atom stereocenters. The Morgan fingerprint density at radius 1 is 1.36 bits per heavy atom. The van der Waals surface area contributed by atoms with Crippen molar-refractivity contribution in [3.05, 3.63) is 0 Å². The van der Waals surface area contributed by atoms with E-state index in [4.69, 9.17) is 4.74 Å². The number of nitrogens with zero attached hydrogens (tertiary/aromatic N) is 2. The SMILES string of the molecule is CCNC(=NCC(C)(C)OC)NCCCN1CCCC(C)C1. The number of methoxy groups -OCH3 is 1. The second-order valence-corrected chi connectivity index (χ2v) is 6.99. The van der Waals surface area contributed by atoms with Crippen LogP contribution in [0.5, 0.6) is 0 Å². The molecule has 0 radical (unpaired) electrons. The number of hydrogen-bond donors (Lipinski definition) is 2. The number of likely N-dealkylation sites (tertiary alicyclic amines) is 1. The zero-order chi connectivity index (χ0) is 16.4. The molecule has 0 spiro atoms. The number of aliphatic imine (C=N–C) groups is 1. The zero-order valence-corrected chi connectivity index (χ0v) is 15.2. The maximum Gasteiger partial charge on any atom is 0.191 e. The van der Waals surface area contributed by atoms with Gasteiger partial charge in [0.1, 0.15) is 0 Å². The molecule has 0 aromatic heterocycles. The van der Waals surface area contributed by atoms with E-state index >= 15 is 0 Å². The number of rotatable bonds is 8. The molecule has 130 valence electrons. The van der Waals surface area contributed by atoms with E-state index in [1.165, 1.54) is 32.5 Å². The Hall–Kier alpha value is -0.810. The van der Waals surface area contributed by atoms with Crippen molar-refractivity contribution in [3.8, 4) is 0 Å². The van der Waals surface area contributed by atoms with Crippen molar-refractivity contribution in [1.82, 2.24) is 15.5 Å². The summed E-state index contributed by atoms with van der Waals surface area (Å²) < 4.78 is 5.41. The minimum absolute atomic E-state index is 0.216. The molecule has 1 rings (SSSR count). The van der Waals surface area contributed by atoms with Gasteiger partial charge in [0, 0.05) is 26.7 Å². The molecule has 1 heterocycles. The average Bonchev–Trinajstić information content (AvgIpc) is 2.49. The molecule has 1 atom stereocenters. The minimum atomic E-state index is -0.216. The van der Waals surface area contributed by atoms with Crippen LogP contribution in [0, 0.1) is 5.92 Å². The Labute approximate surface area is 136 Å². The second kappa shape index (κ2) is 10.1. The highest BCUT2D eigenvalue weighted by atomic mass is 16.5. The molecule has 0 aliphatic carbocycles. The van der Waals surface area contributed by atoms with Crippen LogP contribution < -0.4 is 10.6 Å². The summed E-state index contributed by atoms with van der Waals surface area (Å²) in [6.07, 6.45) is 3.90. The van der Waals surface area contributed by atoms with Crippen molar-refractivity contribution >= 4 is 5.96 Å². The van der Waals surface area contributed by atoms with Crippen molar-refractivity contribution in [1.29, 1.82) is 0 Å². The predicted molar refractivity (Wildman–Crippen MR) is 94.5 cm³/mol. The van der Waals surface area contributed by atoms with Crippen LogP contribution in [0.3, 0.4) is 0 Å². The number of ether oxygens (including phenoxy) is 1. The van der Waals surface area contributed by atoms with Crippen molar-refractivity contribution in [2.75, 3.05) is 46.4 Å². The maximum atomic E-state index is 5.41. The lowest BCUT2D eigenvalue weighted by atomic mass is 10.0. The summed E-state index contributed by atoms with van der Waals surface area (Å²) in [5, 5.41) is 6.72. The van der Waals surface area contributed by atoms with Crippen molar-refractivity contribution in [2.45, 2.75) is 52.6 Å². The number of hydrogen-bond acceptors (Lipinski definition) is 3. The summed E-state index contributed by atoms with van der Waals surface area (Å²) >= 11 is 0. The standard InChI is InChI=1S/C17H36N4O/c1-6-18-16(20-14-17(3,4)22-5)19-10-8-12-21-11-7-9-15(2)13-21/h15H,6-14H2,1-5H3,(H2,18,19,20). The molecule has 2 N–H and O–H groups in total. The molecule has 0 aromatic carbocycles. The van der Waals surface area contributed by atoms with Crippen LogP contribution in [-0.2, 0) is 4.74 Å². The van der Waals surface area contributed by atoms with Crippen LogP contribution in [0.25, 0.3) is 0 Å². The fraction of sp³-hybridized carbons (Fsp3) is 0.941. The van der Waals surface area contributed by atoms with Crippen LogP contribution in [-0.4, -0.2) is 62.8 Å². The Balaban J connectivity index is 2.27. The number of guanidine groups is 1. The van der Waals surface area contributed by atoms with E-state index in [1.54, 1.807) is 7.11 Å².